The van der Waals surface area contributed by atoms with Gasteiger partial charge >= 0.3 is 0 Å². The van der Waals surface area contributed by atoms with Crippen LogP contribution in [-0.2, 0) is 16.1 Å². The van der Waals surface area contributed by atoms with Crippen LogP contribution >= 0.6 is 0 Å². The summed E-state index contributed by atoms with van der Waals surface area (Å²) < 4.78 is 27.7. The zero-order chi connectivity index (χ0) is 22.5. The minimum Gasteiger partial charge on any atom is -0.322 e. The molecule has 9 heteroatoms. The van der Waals surface area contributed by atoms with E-state index in [0.717, 1.165) is 22.4 Å². The summed E-state index contributed by atoms with van der Waals surface area (Å²) >= 11 is 0. The molecular weight excluding hydrogens is 406 g/mol. The molecule has 0 saturated carbocycles. The number of aromatic nitrogens is 2. The molecule has 0 unspecified atom stereocenters. The van der Waals surface area contributed by atoms with Gasteiger partial charge in [0, 0.05) is 18.1 Å². The Morgan fingerprint density at radius 1 is 0.968 bits per heavy atom. The number of aryl methyl sites for hydroxylation is 1. The lowest BCUT2D eigenvalue weighted by Gasteiger charge is -2.12. The second kappa shape index (κ2) is 9.29. The number of halogens is 2. The van der Waals surface area contributed by atoms with E-state index in [4.69, 9.17) is 0 Å². The first-order valence-electron chi connectivity index (χ1n) is 9.50. The molecule has 0 radical (unpaired) electrons. The highest BCUT2D eigenvalue weighted by molar-refractivity contribution is 5.92. The van der Waals surface area contributed by atoms with Crippen molar-refractivity contribution in [3.8, 4) is 11.3 Å². The third-order valence-electron chi connectivity index (χ3n) is 4.42. The number of carbonyl (C=O) groups excluding carboxylic acids is 2. The number of benzene rings is 2. The molecule has 2 amide bonds. The van der Waals surface area contributed by atoms with E-state index < -0.39 is 29.6 Å². The number of nitrogens with zero attached hydrogens (tertiary/aromatic N) is 2. The first-order valence-corrected chi connectivity index (χ1v) is 9.50. The minimum atomic E-state index is -0.946. The van der Waals surface area contributed by atoms with Crippen molar-refractivity contribution >= 4 is 23.2 Å². The van der Waals surface area contributed by atoms with E-state index in [9.17, 15) is 23.2 Å². The van der Waals surface area contributed by atoms with Crippen molar-refractivity contribution in [2.75, 3.05) is 10.6 Å². The van der Waals surface area contributed by atoms with Crippen LogP contribution in [0, 0.1) is 18.6 Å². The van der Waals surface area contributed by atoms with Gasteiger partial charge in [-0.25, -0.2) is 13.5 Å². The monoisotopic (exact) mass is 426 g/mol. The van der Waals surface area contributed by atoms with Crippen molar-refractivity contribution in [3.05, 3.63) is 76.1 Å². The van der Waals surface area contributed by atoms with Gasteiger partial charge in [0.15, 0.2) is 0 Å². The van der Waals surface area contributed by atoms with Gasteiger partial charge in [0.25, 0.3) is 5.56 Å². The van der Waals surface area contributed by atoms with Gasteiger partial charge in [-0.2, -0.15) is 5.10 Å². The second-order valence-electron chi connectivity index (χ2n) is 6.85. The number of carbonyl (C=O) groups is 2. The number of anilines is 2. The molecule has 31 heavy (non-hydrogen) atoms. The number of rotatable bonds is 6. The molecule has 1 aromatic heterocycles. The Hall–Kier alpha value is -3.88. The summed E-state index contributed by atoms with van der Waals surface area (Å²) in [5.41, 5.74) is 1.12. The Labute approximate surface area is 176 Å². The zero-order valence-electron chi connectivity index (χ0n) is 16.9. The highest BCUT2D eigenvalue weighted by Crippen LogP contribution is 2.19. The molecule has 1 heterocycles. The first-order chi connectivity index (χ1) is 14.8. The third-order valence-corrected chi connectivity index (χ3v) is 4.42. The first kappa shape index (κ1) is 21.8. The van der Waals surface area contributed by atoms with Crippen LogP contribution in [0.15, 0.2) is 53.3 Å². The van der Waals surface area contributed by atoms with Crippen LogP contribution in [0.4, 0.5) is 20.2 Å². The summed E-state index contributed by atoms with van der Waals surface area (Å²) in [4.78, 5) is 37.0. The highest BCUT2D eigenvalue weighted by Gasteiger charge is 2.15. The summed E-state index contributed by atoms with van der Waals surface area (Å²) in [6.45, 7) is 3.02. The molecule has 3 rings (SSSR count). The zero-order valence-corrected chi connectivity index (χ0v) is 16.9. The van der Waals surface area contributed by atoms with Crippen LogP contribution in [0.2, 0.25) is 0 Å². The average Bonchev–Trinajstić information content (AvgIpc) is 2.73. The van der Waals surface area contributed by atoms with Crippen LogP contribution in [0.1, 0.15) is 18.9 Å². The molecular formula is C22H20F2N4O3. The highest BCUT2D eigenvalue weighted by atomic mass is 19.1. The standard InChI is InChI=1S/C22H20F2N4O3/c1-3-20(29)26-19-11-18(14-6-4-13(2)5-7-14)27-28(22(19)31)12-21(30)25-17-9-8-15(23)10-16(17)24/h4-11H,3,12H2,1-2H3,(H,25,30)(H,26,29). The van der Waals surface area contributed by atoms with Crippen molar-refractivity contribution in [1.29, 1.82) is 0 Å². The number of hydrogen-bond acceptors (Lipinski definition) is 4. The third kappa shape index (κ3) is 5.39. The van der Waals surface area contributed by atoms with Crippen LogP contribution in [0.3, 0.4) is 0 Å². The van der Waals surface area contributed by atoms with Crippen LogP contribution < -0.4 is 16.2 Å². The lowest BCUT2D eigenvalue weighted by atomic mass is 10.1. The molecule has 0 fully saturated rings. The summed E-state index contributed by atoms with van der Waals surface area (Å²) in [5, 5.41) is 9.02. The molecule has 0 atom stereocenters. The Morgan fingerprint density at radius 3 is 2.29 bits per heavy atom. The predicted octanol–water partition coefficient (Wildman–Crippen LogP) is 3.48. The smallest absolute Gasteiger partial charge is 0.291 e. The molecule has 2 N–H and O–H groups in total. The van der Waals surface area contributed by atoms with Crippen LogP contribution in [0.25, 0.3) is 11.3 Å². The van der Waals surface area contributed by atoms with Gasteiger partial charge in [0.05, 0.1) is 11.4 Å². The summed E-state index contributed by atoms with van der Waals surface area (Å²) in [6.07, 6.45) is 0.159. The maximum atomic E-state index is 13.8. The van der Waals surface area contributed by atoms with Crippen LogP contribution in [0.5, 0.6) is 0 Å². The summed E-state index contributed by atoms with van der Waals surface area (Å²) in [7, 11) is 0. The van der Waals surface area contributed by atoms with E-state index in [1.807, 2.05) is 19.1 Å². The maximum Gasteiger partial charge on any atom is 0.291 e. The lowest BCUT2D eigenvalue weighted by molar-refractivity contribution is -0.117. The van der Waals surface area contributed by atoms with Gasteiger partial charge in [-0.05, 0) is 25.1 Å². The summed E-state index contributed by atoms with van der Waals surface area (Å²) in [6, 6.07) is 11.5. The van der Waals surface area contributed by atoms with E-state index >= 15 is 0 Å². The Morgan fingerprint density at radius 2 is 1.65 bits per heavy atom. The van der Waals surface area contributed by atoms with Crippen molar-refractivity contribution in [2.24, 2.45) is 0 Å². The van der Waals surface area contributed by atoms with Gasteiger partial charge in [-0.15, -0.1) is 0 Å². The predicted molar refractivity (Wildman–Crippen MR) is 113 cm³/mol. The van der Waals surface area contributed by atoms with E-state index in [1.165, 1.54) is 6.07 Å². The molecule has 0 bridgehead atoms. The number of hydrogen-bond donors (Lipinski definition) is 2. The minimum absolute atomic E-state index is 0.0295. The van der Waals surface area contributed by atoms with Gasteiger partial charge < -0.3 is 10.6 Å². The molecule has 7 nitrogen and oxygen atoms in total. The van der Waals surface area contributed by atoms with E-state index in [0.29, 0.717) is 17.3 Å². The molecule has 160 valence electrons. The van der Waals surface area contributed by atoms with Crippen LogP contribution in [-0.4, -0.2) is 21.6 Å². The van der Waals surface area contributed by atoms with Crippen molar-refractivity contribution in [3.63, 3.8) is 0 Å². The molecule has 0 spiro atoms. The van der Waals surface area contributed by atoms with Gasteiger partial charge in [-0.3, -0.25) is 14.4 Å². The average molecular weight is 426 g/mol. The summed E-state index contributed by atoms with van der Waals surface area (Å²) in [5.74, 6) is -2.84. The van der Waals surface area contributed by atoms with Gasteiger partial charge in [0.1, 0.15) is 23.9 Å². The lowest BCUT2D eigenvalue weighted by Crippen LogP contribution is -2.32. The fraction of sp³-hybridized carbons (Fsp3) is 0.182. The van der Waals surface area contributed by atoms with Gasteiger partial charge in [-0.1, -0.05) is 36.8 Å². The van der Waals surface area contributed by atoms with Crippen molar-refractivity contribution in [1.82, 2.24) is 9.78 Å². The number of amides is 2. The SMILES string of the molecule is CCC(=O)Nc1cc(-c2ccc(C)cc2)nn(CC(=O)Nc2ccc(F)cc2F)c1=O. The van der Waals surface area contributed by atoms with E-state index in [-0.39, 0.29) is 23.7 Å². The van der Waals surface area contributed by atoms with E-state index in [1.54, 1.807) is 19.1 Å². The molecule has 3 aromatic rings. The quantitative estimate of drug-likeness (QED) is 0.631. The Balaban J connectivity index is 1.95. The fourth-order valence-electron chi connectivity index (χ4n) is 2.76. The topological polar surface area (TPSA) is 93.1 Å². The van der Waals surface area contributed by atoms with Crippen molar-refractivity contribution in [2.45, 2.75) is 26.8 Å². The van der Waals surface area contributed by atoms with Gasteiger partial charge in [0.2, 0.25) is 11.8 Å². The molecule has 0 aliphatic heterocycles. The molecule has 2 aromatic carbocycles. The fourth-order valence-corrected chi connectivity index (χ4v) is 2.76. The maximum absolute atomic E-state index is 13.8. The normalized spacial score (nSPS) is 10.6. The largest absolute Gasteiger partial charge is 0.322 e. The van der Waals surface area contributed by atoms with E-state index in [2.05, 4.69) is 15.7 Å². The number of nitrogens with one attached hydrogen (secondary N) is 2. The second-order valence-corrected chi connectivity index (χ2v) is 6.85. The van der Waals surface area contributed by atoms with Crippen molar-refractivity contribution < 1.29 is 18.4 Å². The Kier molecular flexibility index (Phi) is 6.54. The Bertz CT molecular complexity index is 1190. The molecule has 0 aliphatic carbocycles. The molecule has 0 saturated heterocycles. The molecule has 0 aliphatic rings.